The van der Waals surface area contributed by atoms with E-state index in [1.165, 1.54) is 11.1 Å². The van der Waals surface area contributed by atoms with Gasteiger partial charge in [0.05, 0.1) is 11.7 Å². The number of aryl methyl sites for hydroxylation is 1. The second-order valence-corrected chi connectivity index (χ2v) is 5.50. The van der Waals surface area contributed by atoms with Gasteiger partial charge in [0.25, 0.3) is 0 Å². The minimum absolute atomic E-state index is 0.0247. The van der Waals surface area contributed by atoms with Gasteiger partial charge >= 0.3 is 6.03 Å². The van der Waals surface area contributed by atoms with Gasteiger partial charge in [-0.15, -0.1) is 0 Å². The Labute approximate surface area is 123 Å². The maximum atomic E-state index is 12.1. The molecule has 21 heavy (non-hydrogen) atoms. The van der Waals surface area contributed by atoms with Crippen molar-refractivity contribution in [3.05, 3.63) is 76.9 Å². The molecule has 0 fully saturated rings. The summed E-state index contributed by atoms with van der Waals surface area (Å²) in [6.07, 6.45) is 2.00. The topological polar surface area (TPSA) is 41.1 Å². The number of urea groups is 1. The highest BCUT2D eigenvalue weighted by Crippen LogP contribution is 2.38. The van der Waals surface area contributed by atoms with Crippen LogP contribution in [0.4, 0.5) is 4.79 Å². The standard InChI is InChI=1S/C18H16N2O/c21-18-19-16(13-7-2-1-3-8-13)15-11-10-12-6-4-5-9-14(12)17(15)20-18/h1-9,16H,10-11H2,(H2,19,20,21)/t16-/m1/s1. The summed E-state index contributed by atoms with van der Waals surface area (Å²) in [5, 5.41) is 6.06. The molecule has 3 heteroatoms. The van der Waals surface area contributed by atoms with Crippen LogP contribution in [0.3, 0.4) is 0 Å². The van der Waals surface area contributed by atoms with Crippen LogP contribution in [-0.2, 0) is 6.42 Å². The highest BCUT2D eigenvalue weighted by atomic mass is 16.2. The Hall–Kier alpha value is -2.55. The van der Waals surface area contributed by atoms with Gasteiger partial charge in [-0.1, -0.05) is 54.6 Å². The number of fused-ring (bicyclic) bond motifs is 2. The summed E-state index contributed by atoms with van der Waals surface area (Å²) in [7, 11) is 0. The quantitative estimate of drug-likeness (QED) is 0.823. The molecular weight excluding hydrogens is 260 g/mol. The Bertz CT molecular complexity index is 734. The summed E-state index contributed by atoms with van der Waals surface area (Å²) in [6.45, 7) is 0. The average Bonchev–Trinajstić information content (AvgIpc) is 2.55. The van der Waals surface area contributed by atoms with Gasteiger partial charge in [-0.05, 0) is 29.5 Å². The van der Waals surface area contributed by atoms with Crippen molar-refractivity contribution < 1.29 is 4.79 Å². The minimum atomic E-state index is -0.126. The van der Waals surface area contributed by atoms with Crippen LogP contribution in [0.1, 0.15) is 29.2 Å². The minimum Gasteiger partial charge on any atom is -0.327 e. The number of hydrogen-bond donors (Lipinski definition) is 2. The molecule has 0 saturated carbocycles. The molecule has 2 amide bonds. The lowest BCUT2D eigenvalue weighted by Gasteiger charge is -2.34. The number of carbonyl (C=O) groups excluding carboxylic acids is 1. The molecule has 2 N–H and O–H groups in total. The van der Waals surface area contributed by atoms with E-state index in [1.54, 1.807) is 0 Å². The number of amides is 2. The fourth-order valence-corrected chi connectivity index (χ4v) is 3.28. The maximum absolute atomic E-state index is 12.1. The monoisotopic (exact) mass is 276 g/mol. The largest absolute Gasteiger partial charge is 0.327 e. The first-order chi connectivity index (χ1) is 10.3. The van der Waals surface area contributed by atoms with Crippen molar-refractivity contribution in [2.45, 2.75) is 18.9 Å². The molecule has 1 atom stereocenters. The van der Waals surface area contributed by atoms with Crippen molar-refractivity contribution in [2.24, 2.45) is 0 Å². The zero-order valence-corrected chi connectivity index (χ0v) is 11.6. The average molecular weight is 276 g/mol. The number of hydrogen-bond acceptors (Lipinski definition) is 1. The summed E-state index contributed by atoms with van der Waals surface area (Å²) in [5.74, 6) is 0. The van der Waals surface area contributed by atoms with Crippen LogP contribution in [0.2, 0.25) is 0 Å². The summed E-state index contributed by atoms with van der Waals surface area (Å²) >= 11 is 0. The predicted molar refractivity (Wildman–Crippen MR) is 82.5 cm³/mol. The fourth-order valence-electron chi connectivity index (χ4n) is 3.28. The normalized spacial score (nSPS) is 20.2. The Balaban J connectivity index is 1.86. The Morgan fingerprint density at radius 1 is 0.905 bits per heavy atom. The van der Waals surface area contributed by atoms with Gasteiger partial charge < -0.3 is 10.6 Å². The fraction of sp³-hybridized carbons (Fsp3) is 0.167. The van der Waals surface area contributed by atoms with E-state index < -0.39 is 0 Å². The molecule has 4 rings (SSSR count). The van der Waals surface area contributed by atoms with Crippen LogP contribution in [0.5, 0.6) is 0 Å². The van der Waals surface area contributed by atoms with E-state index in [0.29, 0.717) is 0 Å². The molecule has 3 nitrogen and oxygen atoms in total. The van der Waals surface area contributed by atoms with Gasteiger partial charge in [0.2, 0.25) is 0 Å². The summed E-state index contributed by atoms with van der Waals surface area (Å²) in [4.78, 5) is 12.1. The van der Waals surface area contributed by atoms with E-state index in [0.717, 1.165) is 29.7 Å². The van der Waals surface area contributed by atoms with Crippen molar-refractivity contribution in [2.75, 3.05) is 0 Å². The van der Waals surface area contributed by atoms with E-state index in [-0.39, 0.29) is 12.1 Å². The molecule has 0 unspecified atom stereocenters. The van der Waals surface area contributed by atoms with Crippen molar-refractivity contribution >= 4 is 11.7 Å². The Morgan fingerprint density at radius 2 is 1.67 bits per heavy atom. The van der Waals surface area contributed by atoms with Gasteiger partial charge in [0.15, 0.2) is 0 Å². The van der Waals surface area contributed by atoms with Crippen LogP contribution in [-0.4, -0.2) is 6.03 Å². The number of nitrogens with one attached hydrogen (secondary N) is 2. The van der Waals surface area contributed by atoms with Crippen molar-refractivity contribution in [1.82, 2.24) is 10.6 Å². The first-order valence-corrected chi connectivity index (χ1v) is 7.27. The zero-order valence-electron chi connectivity index (χ0n) is 11.6. The predicted octanol–water partition coefficient (Wildman–Crippen LogP) is 3.40. The molecular formula is C18H16N2O. The molecule has 1 heterocycles. The Morgan fingerprint density at radius 3 is 2.52 bits per heavy atom. The lowest BCUT2D eigenvalue weighted by atomic mass is 9.83. The highest BCUT2D eigenvalue weighted by Gasteiger charge is 2.31. The highest BCUT2D eigenvalue weighted by molar-refractivity contribution is 5.91. The summed E-state index contributed by atoms with van der Waals surface area (Å²) < 4.78 is 0. The van der Waals surface area contributed by atoms with Crippen LogP contribution < -0.4 is 10.6 Å². The first-order valence-electron chi connectivity index (χ1n) is 7.27. The number of benzene rings is 2. The summed E-state index contributed by atoms with van der Waals surface area (Å²) in [6, 6.07) is 18.3. The summed E-state index contributed by atoms with van der Waals surface area (Å²) in [5.41, 5.74) is 5.88. The molecule has 0 spiro atoms. The van der Waals surface area contributed by atoms with E-state index in [1.807, 2.05) is 24.3 Å². The third-order valence-electron chi connectivity index (χ3n) is 4.27. The van der Waals surface area contributed by atoms with Crippen molar-refractivity contribution in [3.8, 4) is 0 Å². The molecule has 0 radical (unpaired) electrons. The molecule has 1 aliphatic heterocycles. The number of rotatable bonds is 1. The van der Waals surface area contributed by atoms with Gasteiger partial charge in [-0.3, -0.25) is 0 Å². The van der Waals surface area contributed by atoms with Crippen LogP contribution in [0.15, 0.2) is 60.2 Å². The molecule has 0 saturated heterocycles. The van der Waals surface area contributed by atoms with Gasteiger partial charge in [0.1, 0.15) is 0 Å². The third-order valence-corrected chi connectivity index (χ3v) is 4.27. The zero-order chi connectivity index (χ0) is 14.2. The van der Waals surface area contributed by atoms with E-state index in [9.17, 15) is 4.79 Å². The van der Waals surface area contributed by atoms with E-state index >= 15 is 0 Å². The lowest BCUT2D eigenvalue weighted by molar-refractivity contribution is 0.240. The smallest absolute Gasteiger partial charge is 0.319 e. The SMILES string of the molecule is O=C1NC2=C(CCc3ccccc32)[C@@H](c2ccccc2)N1. The molecule has 2 aromatic carbocycles. The third kappa shape index (κ3) is 2.02. The second-order valence-electron chi connectivity index (χ2n) is 5.50. The molecule has 2 aliphatic rings. The number of carbonyl (C=O) groups is 1. The first kappa shape index (κ1) is 12.2. The van der Waals surface area contributed by atoms with Crippen molar-refractivity contribution in [1.29, 1.82) is 0 Å². The second kappa shape index (κ2) is 4.77. The lowest BCUT2D eigenvalue weighted by Crippen LogP contribution is -2.44. The van der Waals surface area contributed by atoms with Crippen LogP contribution in [0, 0.1) is 0 Å². The van der Waals surface area contributed by atoms with Gasteiger partial charge in [0, 0.05) is 5.56 Å². The molecule has 0 bridgehead atoms. The van der Waals surface area contributed by atoms with Crippen molar-refractivity contribution in [3.63, 3.8) is 0 Å². The molecule has 1 aliphatic carbocycles. The van der Waals surface area contributed by atoms with Crippen LogP contribution >= 0.6 is 0 Å². The molecule has 0 aromatic heterocycles. The maximum Gasteiger partial charge on any atom is 0.319 e. The molecule has 2 aromatic rings. The Kier molecular flexibility index (Phi) is 2.78. The molecule has 104 valence electrons. The van der Waals surface area contributed by atoms with Crippen LogP contribution in [0.25, 0.3) is 5.70 Å². The van der Waals surface area contributed by atoms with Gasteiger partial charge in [-0.25, -0.2) is 4.79 Å². The van der Waals surface area contributed by atoms with E-state index in [4.69, 9.17) is 0 Å². The van der Waals surface area contributed by atoms with E-state index in [2.05, 4.69) is 41.0 Å². The van der Waals surface area contributed by atoms with Gasteiger partial charge in [-0.2, -0.15) is 0 Å².